The van der Waals surface area contributed by atoms with Crippen molar-refractivity contribution >= 4 is 29.5 Å². The van der Waals surface area contributed by atoms with Crippen molar-refractivity contribution in [3.05, 3.63) is 113 Å². The Balaban J connectivity index is 1.27. The summed E-state index contributed by atoms with van der Waals surface area (Å²) in [6, 6.07) is 28.0. The van der Waals surface area contributed by atoms with Gasteiger partial charge < -0.3 is 20.4 Å². The predicted octanol–water partition coefficient (Wildman–Crippen LogP) is 5.35. The number of nitrogens with zero attached hydrogens (tertiary/aromatic N) is 2. The molecule has 0 spiro atoms. The van der Waals surface area contributed by atoms with Gasteiger partial charge in [-0.1, -0.05) is 84.4 Å². The summed E-state index contributed by atoms with van der Waals surface area (Å²) in [4.78, 5) is 31.2. The lowest BCUT2D eigenvalue weighted by molar-refractivity contribution is -0.133. The maximum Gasteiger partial charge on any atom is 0.244 e. The average Bonchev–Trinajstić information content (AvgIpc) is 3.50. The summed E-state index contributed by atoms with van der Waals surface area (Å²) in [5.41, 5.74) is 3.33. The van der Waals surface area contributed by atoms with Crippen molar-refractivity contribution in [2.45, 2.75) is 43.7 Å². The lowest BCUT2D eigenvalue weighted by atomic mass is 9.90. The van der Waals surface area contributed by atoms with Crippen LogP contribution in [0.1, 0.15) is 48.3 Å². The van der Waals surface area contributed by atoms with Crippen molar-refractivity contribution in [3.8, 4) is 0 Å². The van der Waals surface area contributed by atoms with Gasteiger partial charge in [-0.15, -0.1) is 0 Å². The normalized spacial score (nSPS) is 19.9. The van der Waals surface area contributed by atoms with Crippen LogP contribution in [-0.4, -0.2) is 73.0 Å². The number of halogens is 1. The fraction of sp³-hybridized carbons (Fsp3) is 0.371. The second kappa shape index (κ2) is 15.1. The number of carbonyl (C=O) groups is 2. The van der Waals surface area contributed by atoms with Gasteiger partial charge in [0.2, 0.25) is 11.8 Å². The summed E-state index contributed by atoms with van der Waals surface area (Å²) in [6.07, 6.45) is 7.32. The molecule has 2 saturated heterocycles. The molecule has 7 heteroatoms. The van der Waals surface area contributed by atoms with Gasteiger partial charge in [-0.3, -0.25) is 9.59 Å². The van der Waals surface area contributed by atoms with Crippen LogP contribution in [0.15, 0.2) is 91.0 Å². The maximum absolute atomic E-state index is 14.1. The molecule has 0 radical (unpaired) electrons. The van der Waals surface area contributed by atoms with Crippen LogP contribution >= 0.6 is 11.6 Å². The van der Waals surface area contributed by atoms with Gasteiger partial charge in [-0.25, -0.2) is 0 Å². The predicted molar refractivity (Wildman–Crippen MR) is 170 cm³/mol. The highest BCUT2D eigenvalue weighted by molar-refractivity contribution is 6.30. The van der Waals surface area contributed by atoms with Gasteiger partial charge in [0.15, 0.2) is 0 Å². The molecule has 5 rings (SSSR count). The number of hydrogen-bond acceptors (Lipinski definition) is 4. The van der Waals surface area contributed by atoms with Gasteiger partial charge in [0.25, 0.3) is 0 Å². The first-order valence-corrected chi connectivity index (χ1v) is 15.5. The van der Waals surface area contributed by atoms with E-state index < -0.39 is 0 Å². The van der Waals surface area contributed by atoms with Crippen molar-refractivity contribution in [1.82, 2.24) is 20.4 Å². The first-order valence-electron chi connectivity index (χ1n) is 15.1. The number of likely N-dealkylation sites (tertiary alicyclic amines) is 1. The zero-order valence-electron chi connectivity index (χ0n) is 24.1. The monoisotopic (exact) mass is 584 g/mol. The van der Waals surface area contributed by atoms with E-state index >= 15 is 0 Å². The highest BCUT2D eigenvalue weighted by Gasteiger charge is 2.33. The molecule has 0 aromatic heterocycles. The molecule has 2 heterocycles. The Hall–Kier alpha value is -3.45. The van der Waals surface area contributed by atoms with E-state index in [0.29, 0.717) is 24.7 Å². The van der Waals surface area contributed by atoms with E-state index in [0.717, 1.165) is 38.0 Å². The quantitative estimate of drug-likeness (QED) is 0.298. The number of rotatable bonds is 11. The summed E-state index contributed by atoms with van der Waals surface area (Å²) >= 11 is 5.96. The Morgan fingerprint density at radius 1 is 0.929 bits per heavy atom. The third kappa shape index (κ3) is 8.54. The molecule has 2 atom stereocenters. The van der Waals surface area contributed by atoms with Crippen LogP contribution in [-0.2, 0) is 9.59 Å². The molecule has 6 nitrogen and oxygen atoms in total. The van der Waals surface area contributed by atoms with E-state index in [9.17, 15) is 9.59 Å². The Kier molecular flexibility index (Phi) is 10.8. The Labute approximate surface area is 254 Å². The first-order chi connectivity index (χ1) is 20.5. The number of carbonyl (C=O) groups excluding carboxylic acids is 2. The van der Waals surface area contributed by atoms with Gasteiger partial charge in [0, 0.05) is 49.2 Å². The number of nitrogens with one attached hydrogen (secondary N) is 2. The van der Waals surface area contributed by atoms with Crippen LogP contribution in [0.2, 0.25) is 5.02 Å². The standard InChI is InChI=1S/C35H41ClN4O2/c36-30-16-13-27(14-17-30)15-18-34(41)37-25-31-19-24-40(35(42)33(38-31)20-23-39-21-7-8-22-39)26-32(28-9-3-1-4-10-28)29-11-5-2-6-12-29/h1-6,9-18,31-33,38H,7-8,19-26H2,(H,37,41)/b18-15+/t31-,33?/m0/s1. The van der Waals surface area contributed by atoms with E-state index in [1.165, 1.54) is 24.0 Å². The Morgan fingerprint density at radius 2 is 1.57 bits per heavy atom. The van der Waals surface area contributed by atoms with Crippen LogP contribution in [0, 0.1) is 0 Å². The van der Waals surface area contributed by atoms with Crippen molar-refractivity contribution in [2.24, 2.45) is 0 Å². The molecular weight excluding hydrogens is 544 g/mol. The summed E-state index contributed by atoms with van der Waals surface area (Å²) < 4.78 is 0. The number of hydrogen-bond donors (Lipinski definition) is 2. The Bertz CT molecular complexity index is 1270. The van der Waals surface area contributed by atoms with Crippen LogP contribution < -0.4 is 10.6 Å². The van der Waals surface area contributed by atoms with E-state index in [2.05, 4.69) is 69.0 Å². The highest BCUT2D eigenvalue weighted by atomic mass is 35.5. The fourth-order valence-electron chi connectivity index (χ4n) is 5.97. The van der Waals surface area contributed by atoms with Crippen LogP contribution in [0.3, 0.4) is 0 Å². The minimum absolute atomic E-state index is 0.00214. The van der Waals surface area contributed by atoms with Gasteiger partial charge in [-0.05, 0) is 73.7 Å². The minimum Gasteiger partial charge on any atom is -0.351 e. The van der Waals surface area contributed by atoms with Crippen LogP contribution in [0.25, 0.3) is 6.08 Å². The summed E-state index contributed by atoms with van der Waals surface area (Å²) in [6.45, 7) is 4.84. The zero-order valence-corrected chi connectivity index (χ0v) is 24.9. The molecule has 0 aliphatic carbocycles. The Morgan fingerprint density at radius 3 is 2.21 bits per heavy atom. The van der Waals surface area contributed by atoms with Gasteiger partial charge >= 0.3 is 0 Å². The van der Waals surface area contributed by atoms with Crippen LogP contribution in [0.5, 0.6) is 0 Å². The lowest BCUT2D eigenvalue weighted by Crippen LogP contribution is -2.50. The molecule has 2 aliphatic heterocycles. The van der Waals surface area contributed by atoms with Crippen molar-refractivity contribution in [2.75, 3.05) is 39.3 Å². The third-order valence-electron chi connectivity index (χ3n) is 8.35. The third-order valence-corrected chi connectivity index (χ3v) is 8.61. The zero-order chi connectivity index (χ0) is 29.1. The molecule has 2 fully saturated rings. The SMILES string of the molecule is O=C(/C=C/c1ccc(Cl)cc1)NC[C@@H]1CCN(CC(c2ccccc2)c2ccccc2)C(=O)C(CCN2CCCC2)N1. The van der Waals surface area contributed by atoms with E-state index in [1.54, 1.807) is 24.3 Å². The summed E-state index contributed by atoms with van der Waals surface area (Å²) in [5.74, 6) is 0.0911. The molecule has 2 amide bonds. The summed E-state index contributed by atoms with van der Waals surface area (Å²) in [5, 5.41) is 7.35. The molecule has 2 N–H and O–H groups in total. The van der Waals surface area contributed by atoms with E-state index in [1.807, 2.05) is 24.3 Å². The number of benzene rings is 3. The highest BCUT2D eigenvalue weighted by Crippen LogP contribution is 2.27. The van der Waals surface area contributed by atoms with Crippen molar-refractivity contribution < 1.29 is 9.59 Å². The van der Waals surface area contributed by atoms with Crippen molar-refractivity contribution in [3.63, 3.8) is 0 Å². The maximum atomic E-state index is 14.1. The topological polar surface area (TPSA) is 64.7 Å². The largest absolute Gasteiger partial charge is 0.351 e. The van der Waals surface area contributed by atoms with Gasteiger partial charge in [0.05, 0.1) is 6.04 Å². The summed E-state index contributed by atoms with van der Waals surface area (Å²) in [7, 11) is 0. The molecule has 3 aromatic rings. The lowest BCUT2D eigenvalue weighted by Gasteiger charge is -2.30. The molecular formula is C35H41ClN4O2. The molecule has 0 saturated carbocycles. The average molecular weight is 585 g/mol. The number of amides is 2. The van der Waals surface area contributed by atoms with Crippen LogP contribution in [0.4, 0.5) is 0 Å². The second-order valence-electron chi connectivity index (χ2n) is 11.3. The van der Waals surface area contributed by atoms with Gasteiger partial charge in [0.1, 0.15) is 0 Å². The molecule has 42 heavy (non-hydrogen) atoms. The molecule has 0 bridgehead atoms. The molecule has 2 aliphatic rings. The van der Waals surface area contributed by atoms with Gasteiger partial charge in [-0.2, -0.15) is 0 Å². The van der Waals surface area contributed by atoms with E-state index in [-0.39, 0.29) is 29.8 Å². The second-order valence-corrected chi connectivity index (χ2v) is 11.8. The molecule has 1 unspecified atom stereocenters. The fourth-order valence-corrected chi connectivity index (χ4v) is 6.10. The smallest absolute Gasteiger partial charge is 0.244 e. The van der Waals surface area contributed by atoms with Crippen molar-refractivity contribution in [1.29, 1.82) is 0 Å². The minimum atomic E-state index is -0.285. The molecule has 3 aromatic carbocycles. The molecule has 220 valence electrons. The van der Waals surface area contributed by atoms with E-state index in [4.69, 9.17) is 11.6 Å². The first kappa shape index (κ1) is 30.0.